The Balaban J connectivity index is 2.75. The lowest BCUT2D eigenvalue weighted by atomic mass is 9.81. The van der Waals surface area contributed by atoms with E-state index in [1.807, 2.05) is 0 Å². The summed E-state index contributed by atoms with van der Waals surface area (Å²) in [4.78, 5) is 22.0. The number of hydrogen-bond donors (Lipinski definition) is 2. The highest BCUT2D eigenvalue weighted by molar-refractivity contribution is 5.78. The molecule has 1 atom stereocenters. The molecule has 0 aromatic heterocycles. The number of aliphatic carboxylic acids is 1. The predicted octanol–water partition coefficient (Wildman–Crippen LogP) is 1.01. The molecule has 1 fully saturated rings. The van der Waals surface area contributed by atoms with E-state index in [4.69, 9.17) is 5.11 Å². The zero-order chi connectivity index (χ0) is 10.9. The molecule has 0 aromatic carbocycles. The van der Waals surface area contributed by atoms with Crippen molar-refractivity contribution in [2.24, 2.45) is 11.3 Å². The van der Waals surface area contributed by atoms with Crippen molar-refractivity contribution in [3.63, 3.8) is 0 Å². The minimum Gasteiger partial charge on any atom is -0.481 e. The highest BCUT2D eigenvalue weighted by Gasteiger charge is 2.45. The molecule has 4 heteroatoms. The Bertz CT molecular complexity index is 256. The maximum atomic E-state index is 11.0. The van der Waals surface area contributed by atoms with Gasteiger partial charge in [0.2, 0.25) is 5.91 Å². The normalized spacial score (nSPS) is 18.8. The third-order valence-corrected chi connectivity index (χ3v) is 2.78. The molecule has 2 N–H and O–H groups in total. The number of carbonyl (C=O) groups is 2. The van der Waals surface area contributed by atoms with Crippen molar-refractivity contribution in [3.8, 4) is 0 Å². The summed E-state index contributed by atoms with van der Waals surface area (Å²) in [6, 6.07) is -0.238. The molecule has 0 aromatic rings. The van der Waals surface area contributed by atoms with E-state index < -0.39 is 11.4 Å². The third kappa shape index (κ3) is 2.25. The maximum absolute atomic E-state index is 11.0. The molecule has 1 rings (SSSR count). The van der Waals surface area contributed by atoms with Crippen molar-refractivity contribution in [2.45, 2.75) is 39.7 Å². The van der Waals surface area contributed by atoms with Gasteiger partial charge in [-0.3, -0.25) is 9.59 Å². The molecule has 0 spiro atoms. The Morgan fingerprint density at radius 2 is 1.93 bits per heavy atom. The Kier molecular flexibility index (Phi) is 2.83. The number of carbonyl (C=O) groups excluding carboxylic acids is 1. The van der Waals surface area contributed by atoms with Crippen LogP contribution in [-0.2, 0) is 9.59 Å². The number of hydrogen-bond acceptors (Lipinski definition) is 2. The van der Waals surface area contributed by atoms with Crippen LogP contribution in [0.1, 0.15) is 33.6 Å². The lowest BCUT2D eigenvalue weighted by Crippen LogP contribution is -2.49. The van der Waals surface area contributed by atoms with Gasteiger partial charge in [-0.2, -0.15) is 0 Å². The van der Waals surface area contributed by atoms with Crippen molar-refractivity contribution >= 4 is 11.9 Å². The monoisotopic (exact) mass is 199 g/mol. The van der Waals surface area contributed by atoms with Crippen molar-refractivity contribution in [2.75, 3.05) is 0 Å². The number of nitrogens with one attached hydrogen (secondary N) is 1. The van der Waals surface area contributed by atoms with Crippen LogP contribution in [0.4, 0.5) is 0 Å². The van der Waals surface area contributed by atoms with Gasteiger partial charge in [-0.05, 0) is 32.6 Å². The van der Waals surface area contributed by atoms with Gasteiger partial charge in [-0.1, -0.05) is 0 Å². The Labute approximate surface area is 83.7 Å². The third-order valence-electron chi connectivity index (χ3n) is 2.78. The van der Waals surface area contributed by atoms with E-state index in [1.165, 1.54) is 6.92 Å². The second-order valence-corrected chi connectivity index (χ2v) is 4.54. The lowest BCUT2D eigenvalue weighted by Gasteiger charge is -2.30. The van der Waals surface area contributed by atoms with E-state index in [-0.39, 0.29) is 11.9 Å². The summed E-state index contributed by atoms with van der Waals surface area (Å²) in [6.45, 7) is 4.75. The molecule has 14 heavy (non-hydrogen) atoms. The van der Waals surface area contributed by atoms with E-state index in [1.54, 1.807) is 13.8 Å². The molecule has 0 unspecified atom stereocenters. The molecule has 0 radical (unpaired) electrons. The van der Waals surface area contributed by atoms with Gasteiger partial charge in [0, 0.05) is 13.0 Å². The smallest absolute Gasteiger partial charge is 0.311 e. The summed E-state index contributed by atoms with van der Waals surface area (Å²) in [7, 11) is 0. The average Bonchev–Trinajstić information content (AvgIpc) is 2.81. The van der Waals surface area contributed by atoms with Gasteiger partial charge in [0.1, 0.15) is 0 Å². The molecule has 1 amide bonds. The van der Waals surface area contributed by atoms with Crippen LogP contribution in [0.3, 0.4) is 0 Å². The average molecular weight is 199 g/mol. The van der Waals surface area contributed by atoms with E-state index in [0.717, 1.165) is 12.8 Å². The fraction of sp³-hybridized carbons (Fsp3) is 0.800. The quantitative estimate of drug-likeness (QED) is 0.710. The Morgan fingerprint density at radius 1 is 1.43 bits per heavy atom. The van der Waals surface area contributed by atoms with Crippen LogP contribution in [0.25, 0.3) is 0 Å². The van der Waals surface area contributed by atoms with E-state index in [0.29, 0.717) is 5.92 Å². The zero-order valence-corrected chi connectivity index (χ0v) is 8.83. The van der Waals surface area contributed by atoms with Crippen LogP contribution in [0.5, 0.6) is 0 Å². The van der Waals surface area contributed by atoms with Gasteiger partial charge in [-0.15, -0.1) is 0 Å². The predicted molar refractivity (Wildman–Crippen MR) is 51.7 cm³/mol. The fourth-order valence-corrected chi connectivity index (χ4v) is 1.67. The first-order chi connectivity index (χ1) is 6.35. The molecule has 0 heterocycles. The molecule has 0 bridgehead atoms. The van der Waals surface area contributed by atoms with Crippen LogP contribution < -0.4 is 5.32 Å². The largest absolute Gasteiger partial charge is 0.481 e. The first-order valence-electron chi connectivity index (χ1n) is 4.86. The highest BCUT2D eigenvalue weighted by Crippen LogP contribution is 2.40. The minimum absolute atomic E-state index is 0.156. The molecular formula is C10H17NO3. The number of carboxylic acids is 1. The van der Waals surface area contributed by atoms with Gasteiger partial charge in [0.05, 0.1) is 5.41 Å². The topological polar surface area (TPSA) is 66.4 Å². The standard InChI is InChI=1S/C10H17NO3/c1-6(12)11-8(7-4-5-7)10(2,3)9(13)14/h7-8H,4-5H2,1-3H3,(H,11,12)(H,13,14)/t8-/m1/s1. The van der Waals surface area contributed by atoms with Crippen molar-refractivity contribution in [1.29, 1.82) is 0 Å². The molecule has 0 aliphatic heterocycles. The summed E-state index contributed by atoms with van der Waals surface area (Å²) in [5.41, 5.74) is -0.882. The van der Waals surface area contributed by atoms with Gasteiger partial charge < -0.3 is 10.4 Å². The minimum atomic E-state index is -0.882. The summed E-state index contributed by atoms with van der Waals surface area (Å²) < 4.78 is 0. The summed E-state index contributed by atoms with van der Waals surface area (Å²) in [6.07, 6.45) is 2.03. The van der Waals surface area contributed by atoms with Crippen LogP contribution in [0.15, 0.2) is 0 Å². The molecule has 0 saturated heterocycles. The second-order valence-electron chi connectivity index (χ2n) is 4.54. The summed E-state index contributed by atoms with van der Waals surface area (Å²) >= 11 is 0. The van der Waals surface area contributed by atoms with Gasteiger partial charge in [-0.25, -0.2) is 0 Å². The second kappa shape index (κ2) is 3.59. The summed E-state index contributed by atoms with van der Waals surface area (Å²) in [5.74, 6) is -0.677. The van der Waals surface area contributed by atoms with Crippen molar-refractivity contribution < 1.29 is 14.7 Å². The lowest BCUT2D eigenvalue weighted by molar-refractivity contribution is -0.149. The first kappa shape index (κ1) is 11.0. The molecule has 1 saturated carbocycles. The first-order valence-corrected chi connectivity index (χ1v) is 4.86. The van der Waals surface area contributed by atoms with Crippen LogP contribution in [0.2, 0.25) is 0 Å². The van der Waals surface area contributed by atoms with E-state index >= 15 is 0 Å². The molecule has 1 aliphatic rings. The van der Waals surface area contributed by atoms with Crippen molar-refractivity contribution in [1.82, 2.24) is 5.32 Å². The molecule has 80 valence electrons. The van der Waals surface area contributed by atoms with Crippen LogP contribution >= 0.6 is 0 Å². The van der Waals surface area contributed by atoms with Crippen LogP contribution in [0, 0.1) is 11.3 Å². The molecule has 4 nitrogen and oxygen atoms in total. The Hall–Kier alpha value is -1.06. The van der Waals surface area contributed by atoms with E-state index in [2.05, 4.69) is 5.32 Å². The van der Waals surface area contributed by atoms with Crippen LogP contribution in [-0.4, -0.2) is 23.0 Å². The van der Waals surface area contributed by atoms with E-state index in [9.17, 15) is 9.59 Å². The van der Waals surface area contributed by atoms with Crippen molar-refractivity contribution in [3.05, 3.63) is 0 Å². The molecule has 1 aliphatic carbocycles. The molecular weight excluding hydrogens is 182 g/mol. The maximum Gasteiger partial charge on any atom is 0.311 e. The van der Waals surface area contributed by atoms with Gasteiger partial charge >= 0.3 is 5.97 Å². The fourth-order valence-electron chi connectivity index (χ4n) is 1.67. The van der Waals surface area contributed by atoms with Gasteiger partial charge in [0.15, 0.2) is 0 Å². The SMILES string of the molecule is CC(=O)N[C@H](C1CC1)C(C)(C)C(=O)O. The number of amides is 1. The highest BCUT2D eigenvalue weighted by atomic mass is 16.4. The zero-order valence-electron chi connectivity index (χ0n) is 8.83. The van der Waals surface area contributed by atoms with Gasteiger partial charge in [0.25, 0.3) is 0 Å². The Morgan fingerprint density at radius 3 is 2.21 bits per heavy atom. The summed E-state index contributed by atoms with van der Waals surface area (Å²) in [5, 5.41) is 11.8. The number of carboxylic acid groups (broad SMARTS) is 1. The number of rotatable bonds is 4.